The van der Waals surface area contributed by atoms with Gasteiger partial charge in [-0.2, -0.15) is 0 Å². The van der Waals surface area contributed by atoms with Crippen LogP contribution in [0.4, 0.5) is 4.79 Å². The van der Waals surface area contributed by atoms with Gasteiger partial charge in [-0.1, -0.05) is 0 Å². The molecule has 0 aromatic carbocycles. The number of piperidine rings is 1. The van der Waals surface area contributed by atoms with Gasteiger partial charge in [0.2, 0.25) is 5.91 Å². The van der Waals surface area contributed by atoms with Crippen molar-refractivity contribution in [3.63, 3.8) is 0 Å². The SMILES string of the molecule is CN(C)C(=O)[C@@H]1CCCN(C(=O)OC(C)(C)C)C1. The van der Waals surface area contributed by atoms with E-state index in [0.29, 0.717) is 13.1 Å². The number of rotatable bonds is 1. The molecule has 1 atom stereocenters. The second-order valence-electron chi connectivity index (χ2n) is 6.00. The molecule has 0 saturated carbocycles. The van der Waals surface area contributed by atoms with E-state index in [1.165, 1.54) is 0 Å². The zero-order chi connectivity index (χ0) is 13.9. The number of carbonyl (C=O) groups excluding carboxylic acids is 2. The fourth-order valence-electron chi connectivity index (χ4n) is 2.04. The van der Waals surface area contributed by atoms with E-state index in [4.69, 9.17) is 4.74 Å². The number of hydrogen-bond donors (Lipinski definition) is 0. The minimum Gasteiger partial charge on any atom is -0.444 e. The molecule has 0 aliphatic carbocycles. The molecule has 1 saturated heterocycles. The Morgan fingerprint density at radius 3 is 2.39 bits per heavy atom. The molecule has 1 rings (SSSR count). The first-order valence-corrected chi connectivity index (χ1v) is 6.40. The van der Waals surface area contributed by atoms with Crippen LogP contribution in [0.2, 0.25) is 0 Å². The molecular weight excluding hydrogens is 232 g/mol. The highest BCUT2D eigenvalue weighted by Gasteiger charge is 2.31. The summed E-state index contributed by atoms with van der Waals surface area (Å²) in [5.74, 6) is -0.00970. The van der Waals surface area contributed by atoms with Crippen molar-refractivity contribution >= 4 is 12.0 Å². The van der Waals surface area contributed by atoms with Crippen molar-refractivity contribution in [2.75, 3.05) is 27.2 Å². The summed E-state index contributed by atoms with van der Waals surface area (Å²) in [7, 11) is 3.49. The highest BCUT2D eigenvalue weighted by atomic mass is 16.6. The number of likely N-dealkylation sites (tertiary alicyclic amines) is 1. The van der Waals surface area contributed by atoms with E-state index < -0.39 is 5.60 Å². The summed E-state index contributed by atoms with van der Waals surface area (Å²) in [6.07, 6.45) is 1.37. The average molecular weight is 256 g/mol. The molecule has 5 nitrogen and oxygen atoms in total. The molecule has 0 aromatic rings. The van der Waals surface area contributed by atoms with Crippen LogP contribution in [0.25, 0.3) is 0 Å². The highest BCUT2D eigenvalue weighted by Crippen LogP contribution is 2.20. The van der Waals surface area contributed by atoms with E-state index in [0.717, 1.165) is 12.8 Å². The van der Waals surface area contributed by atoms with Crippen molar-refractivity contribution in [3.05, 3.63) is 0 Å². The molecule has 0 unspecified atom stereocenters. The summed E-state index contributed by atoms with van der Waals surface area (Å²) in [5.41, 5.74) is -0.490. The standard InChI is InChI=1S/C13H24N2O3/c1-13(2,3)18-12(17)15-8-6-7-10(9-15)11(16)14(4)5/h10H,6-9H2,1-5H3/t10-/m1/s1. The first-order valence-electron chi connectivity index (χ1n) is 6.40. The van der Waals surface area contributed by atoms with E-state index in [1.54, 1.807) is 23.9 Å². The number of amides is 2. The summed E-state index contributed by atoms with van der Waals surface area (Å²) in [5, 5.41) is 0. The first-order chi connectivity index (χ1) is 8.20. The quantitative estimate of drug-likeness (QED) is 0.718. The zero-order valence-corrected chi connectivity index (χ0v) is 12.0. The maximum absolute atomic E-state index is 11.9. The molecule has 104 valence electrons. The maximum atomic E-state index is 11.9. The lowest BCUT2D eigenvalue weighted by molar-refractivity contribution is -0.134. The Labute approximate surface area is 109 Å². The van der Waals surface area contributed by atoms with Gasteiger partial charge in [-0.05, 0) is 33.6 Å². The number of hydrogen-bond acceptors (Lipinski definition) is 3. The van der Waals surface area contributed by atoms with Gasteiger partial charge in [0.1, 0.15) is 5.60 Å². The summed E-state index contributed by atoms with van der Waals surface area (Å²) < 4.78 is 5.33. The van der Waals surface area contributed by atoms with Crippen molar-refractivity contribution in [3.8, 4) is 0 Å². The number of carbonyl (C=O) groups is 2. The van der Waals surface area contributed by atoms with E-state index in [1.807, 2.05) is 20.8 Å². The van der Waals surface area contributed by atoms with E-state index in [2.05, 4.69) is 0 Å². The molecule has 1 fully saturated rings. The molecular formula is C13H24N2O3. The lowest BCUT2D eigenvalue weighted by atomic mass is 9.97. The number of nitrogens with zero attached hydrogens (tertiary/aromatic N) is 2. The molecule has 0 spiro atoms. The molecule has 0 bridgehead atoms. The van der Waals surface area contributed by atoms with Crippen LogP contribution in [0, 0.1) is 5.92 Å². The first kappa shape index (κ1) is 14.8. The second-order valence-corrected chi connectivity index (χ2v) is 6.00. The molecule has 0 radical (unpaired) electrons. The van der Waals surface area contributed by atoms with Crippen LogP contribution >= 0.6 is 0 Å². The maximum Gasteiger partial charge on any atom is 0.410 e. The summed E-state index contributed by atoms with van der Waals surface area (Å²) in [6.45, 7) is 6.67. The predicted molar refractivity (Wildman–Crippen MR) is 69.2 cm³/mol. The highest BCUT2D eigenvalue weighted by molar-refractivity contribution is 5.79. The second kappa shape index (κ2) is 5.59. The van der Waals surface area contributed by atoms with Gasteiger partial charge in [0.15, 0.2) is 0 Å². The van der Waals surface area contributed by atoms with Gasteiger partial charge < -0.3 is 14.5 Å². The van der Waals surface area contributed by atoms with E-state index in [9.17, 15) is 9.59 Å². The van der Waals surface area contributed by atoms with Gasteiger partial charge in [0.25, 0.3) is 0 Å². The largest absolute Gasteiger partial charge is 0.444 e. The van der Waals surface area contributed by atoms with Gasteiger partial charge in [0.05, 0.1) is 5.92 Å². The van der Waals surface area contributed by atoms with Crippen LogP contribution in [0.15, 0.2) is 0 Å². The van der Waals surface area contributed by atoms with Gasteiger partial charge in [0, 0.05) is 27.2 Å². The van der Waals surface area contributed by atoms with Gasteiger partial charge in [-0.25, -0.2) is 4.79 Å². The Morgan fingerprint density at radius 2 is 1.89 bits per heavy atom. The number of ether oxygens (including phenoxy) is 1. The van der Waals surface area contributed by atoms with Crippen molar-refractivity contribution in [1.82, 2.24) is 9.80 Å². The van der Waals surface area contributed by atoms with Crippen molar-refractivity contribution in [2.24, 2.45) is 5.92 Å². The minimum atomic E-state index is -0.490. The molecule has 0 aromatic heterocycles. The molecule has 1 heterocycles. The monoisotopic (exact) mass is 256 g/mol. The molecule has 0 N–H and O–H groups in total. The summed E-state index contributed by atoms with van der Waals surface area (Å²) in [4.78, 5) is 27.1. The third kappa shape index (κ3) is 4.20. The fourth-order valence-corrected chi connectivity index (χ4v) is 2.04. The molecule has 18 heavy (non-hydrogen) atoms. The van der Waals surface area contributed by atoms with Crippen LogP contribution in [-0.2, 0) is 9.53 Å². The van der Waals surface area contributed by atoms with Crippen LogP contribution in [0.5, 0.6) is 0 Å². The van der Waals surface area contributed by atoms with Gasteiger partial charge in [-0.3, -0.25) is 4.79 Å². The fraction of sp³-hybridized carbons (Fsp3) is 0.846. The Bertz CT molecular complexity index is 321. The van der Waals surface area contributed by atoms with Crippen molar-refractivity contribution < 1.29 is 14.3 Å². The van der Waals surface area contributed by atoms with Crippen LogP contribution in [0.1, 0.15) is 33.6 Å². The van der Waals surface area contributed by atoms with E-state index in [-0.39, 0.29) is 17.9 Å². The van der Waals surface area contributed by atoms with E-state index >= 15 is 0 Å². The topological polar surface area (TPSA) is 49.9 Å². The van der Waals surface area contributed by atoms with Crippen LogP contribution in [0.3, 0.4) is 0 Å². The average Bonchev–Trinajstić information content (AvgIpc) is 2.25. The van der Waals surface area contributed by atoms with Crippen LogP contribution in [-0.4, -0.2) is 54.6 Å². The Morgan fingerprint density at radius 1 is 1.28 bits per heavy atom. The Hall–Kier alpha value is -1.26. The molecule has 1 aliphatic heterocycles. The molecule has 5 heteroatoms. The third-order valence-electron chi connectivity index (χ3n) is 2.86. The van der Waals surface area contributed by atoms with Gasteiger partial charge in [-0.15, -0.1) is 0 Å². The van der Waals surface area contributed by atoms with Gasteiger partial charge >= 0.3 is 6.09 Å². The van der Waals surface area contributed by atoms with Crippen LogP contribution < -0.4 is 0 Å². The predicted octanol–water partition coefficient (Wildman–Crippen LogP) is 1.72. The minimum absolute atomic E-state index is 0.0864. The lowest BCUT2D eigenvalue weighted by Gasteiger charge is -2.34. The Balaban J connectivity index is 2.59. The summed E-state index contributed by atoms with van der Waals surface area (Å²) >= 11 is 0. The zero-order valence-electron chi connectivity index (χ0n) is 12.0. The van der Waals surface area contributed by atoms with Crippen molar-refractivity contribution in [2.45, 2.75) is 39.2 Å². The normalized spacial score (nSPS) is 20.5. The molecule has 1 aliphatic rings. The summed E-state index contributed by atoms with van der Waals surface area (Å²) in [6, 6.07) is 0. The van der Waals surface area contributed by atoms with Crippen molar-refractivity contribution in [1.29, 1.82) is 0 Å². The lowest BCUT2D eigenvalue weighted by Crippen LogP contribution is -2.46. The molecule has 2 amide bonds. The smallest absolute Gasteiger partial charge is 0.410 e. The Kier molecular flexibility index (Phi) is 4.59. The third-order valence-corrected chi connectivity index (χ3v) is 2.86.